The molecule has 1 aliphatic rings. The second-order valence-electron chi connectivity index (χ2n) is 3.66. The van der Waals surface area contributed by atoms with Gasteiger partial charge in [-0.3, -0.25) is 0 Å². The molecule has 6 nitrogen and oxygen atoms in total. The van der Waals surface area contributed by atoms with Gasteiger partial charge >= 0.3 is 5.97 Å². The molecular weight excluding hydrogens is 232 g/mol. The Kier molecular flexibility index (Phi) is 3.44. The third kappa shape index (κ3) is 2.58. The van der Waals surface area contributed by atoms with Crippen LogP contribution in [-0.2, 0) is 16.0 Å². The number of hydrogen-bond acceptors (Lipinski definition) is 6. The lowest BCUT2D eigenvalue weighted by molar-refractivity contribution is -0.132. The highest BCUT2D eigenvalue weighted by atomic mass is 16.5. The lowest BCUT2D eigenvalue weighted by Crippen LogP contribution is -2.12. The molecule has 0 aliphatic carbocycles. The maximum atomic E-state index is 11.2. The number of methoxy groups -OCH3 is 1. The lowest BCUT2D eigenvalue weighted by Gasteiger charge is -2.02. The summed E-state index contributed by atoms with van der Waals surface area (Å²) >= 11 is 0. The number of rotatable bonds is 3. The number of aliphatic imine (C=N–C) groups is 1. The quantitative estimate of drug-likeness (QED) is 0.752. The first-order chi connectivity index (χ1) is 8.72. The topological polar surface area (TPSA) is 87.2 Å². The van der Waals surface area contributed by atoms with Crippen molar-refractivity contribution in [1.29, 1.82) is 5.26 Å². The number of carbonyl (C=O) groups excluding carboxylic acids is 1. The molecule has 18 heavy (non-hydrogen) atoms. The number of azo groups is 1. The van der Waals surface area contributed by atoms with Gasteiger partial charge in [0.05, 0.1) is 18.7 Å². The smallest absolute Gasteiger partial charge is 0.377 e. The van der Waals surface area contributed by atoms with Crippen LogP contribution in [0.1, 0.15) is 11.1 Å². The summed E-state index contributed by atoms with van der Waals surface area (Å²) in [6.07, 6.45) is 0.0764. The molecule has 1 atom stereocenters. The van der Waals surface area contributed by atoms with Crippen molar-refractivity contribution < 1.29 is 9.53 Å². The van der Waals surface area contributed by atoms with E-state index in [-0.39, 0.29) is 5.84 Å². The summed E-state index contributed by atoms with van der Waals surface area (Å²) in [6.45, 7) is 0. The number of nitrogens with zero attached hydrogens (tertiary/aromatic N) is 4. The first kappa shape index (κ1) is 11.9. The van der Waals surface area contributed by atoms with Crippen molar-refractivity contribution in [3.63, 3.8) is 0 Å². The maximum Gasteiger partial charge on any atom is 0.377 e. The van der Waals surface area contributed by atoms with Crippen LogP contribution in [0.2, 0.25) is 0 Å². The maximum absolute atomic E-state index is 11.2. The van der Waals surface area contributed by atoms with Crippen molar-refractivity contribution in [3.8, 4) is 6.07 Å². The van der Waals surface area contributed by atoms with E-state index in [9.17, 15) is 4.79 Å². The predicted molar refractivity (Wildman–Crippen MR) is 63.0 cm³/mol. The van der Waals surface area contributed by atoms with Crippen LogP contribution in [0.3, 0.4) is 0 Å². The fourth-order valence-electron chi connectivity index (χ4n) is 1.56. The van der Waals surface area contributed by atoms with Gasteiger partial charge in [-0.2, -0.15) is 10.4 Å². The second kappa shape index (κ2) is 5.19. The van der Waals surface area contributed by atoms with Crippen molar-refractivity contribution in [2.75, 3.05) is 7.11 Å². The van der Waals surface area contributed by atoms with E-state index in [0.717, 1.165) is 5.56 Å². The summed E-state index contributed by atoms with van der Waals surface area (Å²) < 4.78 is 4.50. The molecule has 0 aromatic heterocycles. The number of carbonyl (C=O) groups is 1. The average Bonchev–Trinajstić information content (AvgIpc) is 2.86. The second-order valence-corrected chi connectivity index (χ2v) is 3.66. The fourth-order valence-corrected chi connectivity index (χ4v) is 1.56. The van der Waals surface area contributed by atoms with Crippen molar-refractivity contribution >= 4 is 11.8 Å². The minimum absolute atomic E-state index is 0.0149. The number of hydrogen-bond donors (Lipinski definition) is 0. The van der Waals surface area contributed by atoms with Crippen molar-refractivity contribution in [2.45, 2.75) is 12.6 Å². The van der Waals surface area contributed by atoms with E-state index in [4.69, 9.17) is 5.26 Å². The van der Waals surface area contributed by atoms with Gasteiger partial charge in [0.25, 0.3) is 5.84 Å². The van der Waals surface area contributed by atoms with Gasteiger partial charge in [0, 0.05) is 6.42 Å². The molecule has 90 valence electrons. The molecule has 1 heterocycles. The van der Waals surface area contributed by atoms with Crippen LogP contribution in [0.4, 0.5) is 0 Å². The van der Waals surface area contributed by atoms with E-state index in [1.54, 1.807) is 18.2 Å². The molecule has 1 aromatic rings. The van der Waals surface area contributed by atoms with E-state index in [1.165, 1.54) is 7.11 Å². The van der Waals surface area contributed by atoms with Crippen LogP contribution in [0.25, 0.3) is 0 Å². The number of ether oxygens (including phenoxy) is 1. The normalized spacial score (nSPS) is 17.1. The monoisotopic (exact) mass is 242 g/mol. The van der Waals surface area contributed by atoms with Crippen molar-refractivity contribution in [3.05, 3.63) is 35.4 Å². The van der Waals surface area contributed by atoms with E-state index < -0.39 is 12.1 Å². The predicted octanol–water partition coefficient (Wildman–Crippen LogP) is 1.46. The van der Waals surface area contributed by atoms with Crippen LogP contribution in [0.15, 0.2) is 39.5 Å². The Morgan fingerprint density at radius 3 is 3.11 bits per heavy atom. The molecule has 0 N–H and O–H groups in total. The fraction of sp³-hybridized carbons (Fsp3) is 0.250. The molecule has 1 aromatic carbocycles. The Morgan fingerprint density at radius 1 is 1.56 bits per heavy atom. The summed E-state index contributed by atoms with van der Waals surface area (Å²) in [5, 5.41) is 16.3. The van der Waals surface area contributed by atoms with E-state index in [1.807, 2.05) is 6.07 Å². The standard InChI is InChI=1S/C12H10N4O2/c1-18-12(17)11-14-10(15-16-11)6-8-3-2-4-9(5-8)7-13/h2-5,10H,6H2,1H3. The molecule has 1 aliphatic heterocycles. The zero-order valence-corrected chi connectivity index (χ0v) is 9.70. The highest BCUT2D eigenvalue weighted by Gasteiger charge is 2.20. The zero-order chi connectivity index (χ0) is 13.0. The molecule has 2 rings (SSSR count). The minimum Gasteiger partial charge on any atom is -0.463 e. The average molecular weight is 242 g/mol. The lowest BCUT2D eigenvalue weighted by atomic mass is 10.1. The largest absolute Gasteiger partial charge is 0.463 e. The first-order valence-corrected chi connectivity index (χ1v) is 5.29. The Morgan fingerprint density at radius 2 is 2.39 bits per heavy atom. The van der Waals surface area contributed by atoms with Gasteiger partial charge < -0.3 is 4.74 Å². The molecule has 6 heteroatoms. The van der Waals surface area contributed by atoms with Crippen LogP contribution < -0.4 is 0 Å². The van der Waals surface area contributed by atoms with Crippen LogP contribution in [0.5, 0.6) is 0 Å². The first-order valence-electron chi connectivity index (χ1n) is 5.29. The summed E-state index contributed by atoms with van der Waals surface area (Å²) in [4.78, 5) is 15.2. The highest BCUT2D eigenvalue weighted by Crippen LogP contribution is 2.14. The molecule has 0 bridgehead atoms. The zero-order valence-electron chi connectivity index (χ0n) is 9.70. The Bertz CT molecular complexity index is 572. The van der Waals surface area contributed by atoms with Gasteiger partial charge in [0.1, 0.15) is 0 Å². The van der Waals surface area contributed by atoms with Crippen molar-refractivity contribution in [1.82, 2.24) is 0 Å². The highest BCUT2D eigenvalue weighted by molar-refractivity contribution is 6.35. The van der Waals surface area contributed by atoms with Crippen LogP contribution >= 0.6 is 0 Å². The molecule has 0 saturated heterocycles. The molecular formula is C12H10N4O2. The van der Waals surface area contributed by atoms with Crippen molar-refractivity contribution in [2.24, 2.45) is 15.2 Å². The number of esters is 1. The SMILES string of the molecule is COC(=O)C1=NC(Cc2cccc(C#N)c2)N=N1. The summed E-state index contributed by atoms with van der Waals surface area (Å²) in [5.41, 5.74) is 1.51. The van der Waals surface area contributed by atoms with Gasteiger partial charge in [-0.05, 0) is 17.7 Å². The van der Waals surface area contributed by atoms with Crippen LogP contribution in [-0.4, -0.2) is 25.1 Å². The Balaban J connectivity index is 2.08. The molecule has 0 fully saturated rings. The van der Waals surface area contributed by atoms with Gasteiger partial charge in [0.2, 0.25) is 0 Å². The van der Waals surface area contributed by atoms with Gasteiger partial charge in [-0.25, -0.2) is 9.79 Å². The Labute approximate surface area is 104 Å². The molecule has 0 saturated carbocycles. The van der Waals surface area contributed by atoms with Crippen LogP contribution in [0, 0.1) is 11.3 Å². The summed E-state index contributed by atoms with van der Waals surface area (Å²) in [7, 11) is 1.27. The minimum atomic E-state index is -0.591. The third-order valence-corrected chi connectivity index (χ3v) is 2.40. The summed E-state index contributed by atoms with van der Waals surface area (Å²) in [6, 6.07) is 9.23. The molecule has 0 amide bonds. The number of benzene rings is 1. The number of nitriles is 1. The molecule has 1 unspecified atom stereocenters. The van der Waals surface area contributed by atoms with Gasteiger partial charge in [-0.1, -0.05) is 12.1 Å². The summed E-state index contributed by atoms with van der Waals surface area (Å²) in [5.74, 6) is -0.606. The van der Waals surface area contributed by atoms with E-state index in [0.29, 0.717) is 12.0 Å². The molecule has 0 radical (unpaired) electrons. The van der Waals surface area contributed by atoms with E-state index >= 15 is 0 Å². The molecule has 0 spiro atoms. The third-order valence-electron chi connectivity index (χ3n) is 2.40. The van der Waals surface area contributed by atoms with E-state index in [2.05, 4.69) is 26.0 Å². The van der Waals surface area contributed by atoms with Gasteiger partial charge in [-0.15, -0.1) is 5.11 Å². The van der Waals surface area contributed by atoms with Gasteiger partial charge in [0.15, 0.2) is 6.17 Å². The number of amidine groups is 1. The Hall–Kier alpha value is -2.55.